The summed E-state index contributed by atoms with van der Waals surface area (Å²) in [5.41, 5.74) is 1.43. The van der Waals surface area contributed by atoms with Crippen molar-refractivity contribution in [2.45, 2.75) is 31.8 Å². The summed E-state index contributed by atoms with van der Waals surface area (Å²) in [7, 11) is 1.52. The van der Waals surface area contributed by atoms with E-state index in [1.165, 1.54) is 7.11 Å². The fourth-order valence-electron chi connectivity index (χ4n) is 1.84. The fraction of sp³-hybridized carbons (Fsp3) is 0.500. The molecule has 4 heteroatoms. The first-order valence-corrected chi connectivity index (χ1v) is 6.03. The maximum atomic E-state index is 9.94. The average Bonchev–Trinajstić information content (AvgIpc) is 2.92. The van der Waals surface area contributed by atoms with Crippen LogP contribution in [0.15, 0.2) is 10.5 Å². The zero-order valence-corrected chi connectivity index (χ0v) is 11.0. The number of phenols is 1. The molecule has 1 aliphatic rings. The molecule has 1 saturated carbocycles. The standard InChI is InChI=1S/C12H15BrO3/c1-7-5-9(14)11(16-2)10(13)8(7)6-12(15)3-4-12/h5,14-15H,3-4,6H2,1-2H3. The first kappa shape index (κ1) is 11.7. The molecule has 1 aromatic carbocycles. The van der Waals surface area contributed by atoms with E-state index in [1.54, 1.807) is 6.07 Å². The maximum absolute atomic E-state index is 9.94. The van der Waals surface area contributed by atoms with Gasteiger partial charge in [0.1, 0.15) is 0 Å². The lowest BCUT2D eigenvalue weighted by Gasteiger charge is -2.16. The molecule has 0 atom stereocenters. The summed E-state index contributed by atoms with van der Waals surface area (Å²) in [6.07, 6.45) is 2.31. The van der Waals surface area contributed by atoms with E-state index in [9.17, 15) is 10.2 Å². The van der Waals surface area contributed by atoms with Gasteiger partial charge in [0.2, 0.25) is 0 Å². The first-order valence-electron chi connectivity index (χ1n) is 5.24. The largest absolute Gasteiger partial charge is 0.504 e. The number of halogens is 1. The van der Waals surface area contributed by atoms with Crippen LogP contribution in [0.25, 0.3) is 0 Å². The fourth-order valence-corrected chi connectivity index (χ4v) is 2.66. The van der Waals surface area contributed by atoms with Crippen molar-refractivity contribution in [3.05, 3.63) is 21.7 Å². The van der Waals surface area contributed by atoms with Gasteiger partial charge in [-0.3, -0.25) is 0 Å². The van der Waals surface area contributed by atoms with Crippen LogP contribution in [0.3, 0.4) is 0 Å². The number of phenolic OH excluding ortho intramolecular Hbond substituents is 1. The second kappa shape index (κ2) is 3.93. The van der Waals surface area contributed by atoms with Gasteiger partial charge >= 0.3 is 0 Å². The second-order valence-electron chi connectivity index (χ2n) is 4.44. The Bertz CT molecular complexity index is 425. The number of aromatic hydroxyl groups is 1. The number of benzene rings is 1. The lowest BCUT2D eigenvalue weighted by molar-refractivity contribution is 0.150. The van der Waals surface area contributed by atoms with Crippen LogP contribution in [0.5, 0.6) is 11.5 Å². The predicted octanol–water partition coefficient (Wildman–Crippen LogP) is 2.54. The third-order valence-electron chi connectivity index (χ3n) is 3.06. The van der Waals surface area contributed by atoms with Crippen LogP contribution in [0, 0.1) is 6.92 Å². The van der Waals surface area contributed by atoms with Gasteiger partial charge in [-0.1, -0.05) is 0 Å². The van der Waals surface area contributed by atoms with E-state index < -0.39 is 5.60 Å². The molecule has 0 heterocycles. The molecule has 16 heavy (non-hydrogen) atoms. The zero-order valence-electron chi connectivity index (χ0n) is 9.38. The van der Waals surface area contributed by atoms with Gasteiger partial charge in [-0.05, 0) is 52.9 Å². The molecule has 0 bridgehead atoms. The molecule has 0 saturated heterocycles. The van der Waals surface area contributed by atoms with Gasteiger partial charge in [0, 0.05) is 6.42 Å². The van der Waals surface area contributed by atoms with Crippen LogP contribution in [0.2, 0.25) is 0 Å². The quantitative estimate of drug-likeness (QED) is 0.898. The summed E-state index contributed by atoms with van der Waals surface area (Å²) in [4.78, 5) is 0. The number of methoxy groups -OCH3 is 1. The molecule has 2 rings (SSSR count). The highest BCUT2D eigenvalue weighted by atomic mass is 79.9. The van der Waals surface area contributed by atoms with E-state index in [1.807, 2.05) is 6.92 Å². The van der Waals surface area contributed by atoms with E-state index in [-0.39, 0.29) is 5.75 Å². The summed E-state index contributed by atoms with van der Waals surface area (Å²) in [6.45, 7) is 1.92. The van der Waals surface area contributed by atoms with Crippen molar-refractivity contribution in [2.75, 3.05) is 7.11 Å². The van der Waals surface area contributed by atoms with Crippen LogP contribution >= 0.6 is 15.9 Å². The molecule has 1 aliphatic carbocycles. The van der Waals surface area contributed by atoms with Crippen molar-refractivity contribution >= 4 is 15.9 Å². The Kier molecular flexibility index (Phi) is 2.88. The van der Waals surface area contributed by atoms with E-state index in [0.717, 1.165) is 28.4 Å². The minimum atomic E-state index is -0.546. The average molecular weight is 287 g/mol. The van der Waals surface area contributed by atoms with Gasteiger partial charge < -0.3 is 14.9 Å². The molecule has 2 N–H and O–H groups in total. The van der Waals surface area contributed by atoms with Crippen LogP contribution in [-0.4, -0.2) is 22.9 Å². The second-order valence-corrected chi connectivity index (χ2v) is 5.23. The molecule has 0 aliphatic heterocycles. The minimum absolute atomic E-state index is 0.124. The Labute approximate surface area is 103 Å². The van der Waals surface area contributed by atoms with Gasteiger partial charge in [0.05, 0.1) is 17.2 Å². The Morgan fingerprint density at radius 2 is 2.12 bits per heavy atom. The third-order valence-corrected chi connectivity index (χ3v) is 3.90. The molecule has 88 valence electrons. The number of ether oxygens (including phenoxy) is 1. The zero-order chi connectivity index (χ0) is 11.9. The highest BCUT2D eigenvalue weighted by Gasteiger charge is 2.41. The topological polar surface area (TPSA) is 49.7 Å². The number of hydrogen-bond donors (Lipinski definition) is 2. The summed E-state index contributed by atoms with van der Waals surface area (Å²) >= 11 is 3.43. The summed E-state index contributed by atoms with van der Waals surface area (Å²) in [5.74, 6) is 0.559. The van der Waals surface area contributed by atoms with Gasteiger partial charge in [-0.2, -0.15) is 0 Å². The smallest absolute Gasteiger partial charge is 0.174 e. The lowest BCUT2D eigenvalue weighted by atomic mass is 10.0. The summed E-state index contributed by atoms with van der Waals surface area (Å²) in [5, 5.41) is 19.6. The number of hydrogen-bond acceptors (Lipinski definition) is 3. The molecule has 0 radical (unpaired) electrons. The number of aliphatic hydroxyl groups is 1. The molecule has 0 unspecified atom stereocenters. The highest BCUT2D eigenvalue weighted by Crippen LogP contribution is 2.44. The van der Waals surface area contributed by atoms with Crippen molar-refractivity contribution in [3.63, 3.8) is 0 Å². The van der Waals surface area contributed by atoms with E-state index >= 15 is 0 Å². The molecule has 1 aromatic rings. The highest BCUT2D eigenvalue weighted by molar-refractivity contribution is 9.10. The molecule has 3 nitrogen and oxygen atoms in total. The Morgan fingerprint density at radius 3 is 2.62 bits per heavy atom. The number of aryl methyl sites for hydroxylation is 1. The minimum Gasteiger partial charge on any atom is -0.504 e. The molecule has 0 aromatic heterocycles. The van der Waals surface area contributed by atoms with Crippen molar-refractivity contribution in [2.24, 2.45) is 0 Å². The SMILES string of the molecule is COc1c(O)cc(C)c(CC2(O)CC2)c1Br. The monoisotopic (exact) mass is 286 g/mol. The normalized spacial score (nSPS) is 17.2. The maximum Gasteiger partial charge on any atom is 0.174 e. The summed E-state index contributed by atoms with van der Waals surface area (Å²) in [6, 6.07) is 1.67. The van der Waals surface area contributed by atoms with E-state index in [0.29, 0.717) is 12.2 Å². The van der Waals surface area contributed by atoms with Crippen LogP contribution in [0.4, 0.5) is 0 Å². The number of rotatable bonds is 3. The van der Waals surface area contributed by atoms with Gasteiger partial charge in [-0.15, -0.1) is 0 Å². The Morgan fingerprint density at radius 1 is 1.50 bits per heavy atom. The Balaban J connectivity index is 2.43. The molecule has 1 fully saturated rings. The third kappa shape index (κ3) is 2.04. The predicted molar refractivity (Wildman–Crippen MR) is 65.0 cm³/mol. The van der Waals surface area contributed by atoms with Crippen molar-refractivity contribution in [1.82, 2.24) is 0 Å². The van der Waals surface area contributed by atoms with Gasteiger partial charge in [0.15, 0.2) is 11.5 Å². The Hall–Kier alpha value is -0.740. The van der Waals surface area contributed by atoms with Crippen LogP contribution in [-0.2, 0) is 6.42 Å². The van der Waals surface area contributed by atoms with Crippen molar-refractivity contribution in [1.29, 1.82) is 0 Å². The molecule has 0 amide bonds. The van der Waals surface area contributed by atoms with Crippen molar-refractivity contribution in [3.8, 4) is 11.5 Å². The summed E-state index contributed by atoms with van der Waals surface area (Å²) < 4.78 is 5.87. The molecular weight excluding hydrogens is 272 g/mol. The molecule has 0 spiro atoms. The van der Waals surface area contributed by atoms with E-state index in [2.05, 4.69) is 15.9 Å². The first-order chi connectivity index (χ1) is 7.47. The van der Waals surface area contributed by atoms with E-state index in [4.69, 9.17) is 4.74 Å². The lowest BCUT2D eigenvalue weighted by Crippen LogP contribution is -2.12. The van der Waals surface area contributed by atoms with Crippen LogP contribution < -0.4 is 4.74 Å². The van der Waals surface area contributed by atoms with Gasteiger partial charge in [-0.25, -0.2) is 0 Å². The van der Waals surface area contributed by atoms with Crippen LogP contribution in [0.1, 0.15) is 24.0 Å². The van der Waals surface area contributed by atoms with Gasteiger partial charge in [0.25, 0.3) is 0 Å². The van der Waals surface area contributed by atoms with Crippen molar-refractivity contribution < 1.29 is 14.9 Å². The molecular formula is C12H15BrO3.